The summed E-state index contributed by atoms with van der Waals surface area (Å²) < 4.78 is 44.8. The van der Waals surface area contributed by atoms with E-state index < -0.39 is 12.3 Å². The molecule has 1 rings (SSSR count). The minimum absolute atomic E-state index is 0.0611. The molecule has 1 aromatic rings. The van der Waals surface area contributed by atoms with Crippen LogP contribution in [0.1, 0.15) is 5.56 Å². The van der Waals surface area contributed by atoms with E-state index in [1.807, 2.05) is 0 Å². The summed E-state index contributed by atoms with van der Waals surface area (Å²) in [6.07, 6.45) is -4.76. The summed E-state index contributed by atoms with van der Waals surface area (Å²) in [7, 11) is 1.35. The Labute approximate surface area is 102 Å². The molecule has 100 valence electrons. The number of rotatable bonds is 5. The summed E-state index contributed by atoms with van der Waals surface area (Å²) in [5, 5.41) is 2.41. The Kier molecular flexibility index (Phi) is 4.96. The molecule has 0 radical (unpaired) electrons. The number of nitrogens with one attached hydrogen (secondary N) is 1. The maximum Gasteiger partial charge on any atom is 0.573 e. The summed E-state index contributed by atoms with van der Waals surface area (Å²) in [6.45, 7) is -0.212. The average molecular weight is 263 g/mol. The molecule has 0 saturated carbocycles. The number of amides is 1. The Morgan fingerprint density at radius 3 is 2.61 bits per heavy atom. The fourth-order valence-corrected chi connectivity index (χ4v) is 1.25. The number of halogens is 3. The van der Waals surface area contributed by atoms with E-state index in [0.717, 1.165) is 0 Å². The van der Waals surface area contributed by atoms with Crippen LogP contribution in [0.5, 0.6) is 5.75 Å². The van der Waals surface area contributed by atoms with Gasteiger partial charge in [-0.15, -0.1) is 13.2 Å². The maximum atomic E-state index is 12.1. The molecule has 1 amide bonds. The van der Waals surface area contributed by atoms with Crippen molar-refractivity contribution in [3.05, 3.63) is 29.8 Å². The molecule has 4 nitrogen and oxygen atoms in total. The minimum atomic E-state index is -4.76. The van der Waals surface area contributed by atoms with Crippen LogP contribution in [0.2, 0.25) is 0 Å². The van der Waals surface area contributed by atoms with Crippen LogP contribution in [-0.4, -0.2) is 26.0 Å². The molecule has 0 spiro atoms. The van der Waals surface area contributed by atoms with Crippen molar-refractivity contribution in [2.45, 2.75) is 12.9 Å². The van der Waals surface area contributed by atoms with E-state index >= 15 is 0 Å². The molecule has 0 aliphatic rings. The van der Waals surface area contributed by atoms with E-state index in [1.54, 1.807) is 6.07 Å². The molecule has 0 heterocycles. The van der Waals surface area contributed by atoms with E-state index in [9.17, 15) is 18.0 Å². The van der Waals surface area contributed by atoms with Crippen LogP contribution in [0, 0.1) is 0 Å². The summed E-state index contributed by atoms with van der Waals surface area (Å²) in [6, 6.07) is 5.60. The quantitative estimate of drug-likeness (QED) is 0.881. The third kappa shape index (κ3) is 5.05. The molecule has 18 heavy (non-hydrogen) atoms. The molecule has 7 heteroatoms. The van der Waals surface area contributed by atoms with Crippen LogP contribution < -0.4 is 10.1 Å². The van der Waals surface area contributed by atoms with Gasteiger partial charge in [-0.25, -0.2) is 0 Å². The van der Waals surface area contributed by atoms with Crippen molar-refractivity contribution in [3.8, 4) is 5.75 Å². The van der Waals surface area contributed by atoms with Crippen molar-refractivity contribution >= 4 is 5.91 Å². The molecular formula is C11H12F3NO3. The van der Waals surface area contributed by atoms with Crippen molar-refractivity contribution < 1.29 is 27.4 Å². The van der Waals surface area contributed by atoms with E-state index in [1.165, 1.54) is 25.3 Å². The van der Waals surface area contributed by atoms with Gasteiger partial charge >= 0.3 is 6.36 Å². The summed E-state index contributed by atoms with van der Waals surface area (Å²) in [5.74, 6) is -0.748. The second-order valence-corrected chi connectivity index (χ2v) is 3.37. The third-order valence-corrected chi connectivity index (χ3v) is 1.95. The summed E-state index contributed by atoms with van der Waals surface area (Å²) in [4.78, 5) is 11.1. The van der Waals surface area contributed by atoms with E-state index in [-0.39, 0.29) is 24.5 Å². The van der Waals surface area contributed by atoms with Crippen molar-refractivity contribution in [2.75, 3.05) is 13.7 Å². The molecule has 0 fully saturated rings. The monoisotopic (exact) mass is 263 g/mol. The van der Waals surface area contributed by atoms with Crippen molar-refractivity contribution in [1.82, 2.24) is 5.32 Å². The molecule has 0 unspecified atom stereocenters. The number of benzene rings is 1. The molecule has 0 aliphatic carbocycles. The Hall–Kier alpha value is -1.76. The van der Waals surface area contributed by atoms with E-state index in [4.69, 9.17) is 0 Å². The van der Waals surface area contributed by atoms with Crippen molar-refractivity contribution in [2.24, 2.45) is 0 Å². The molecule has 0 aromatic heterocycles. The molecule has 0 saturated heterocycles. The minimum Gasteiger partial charge on any atom is -0.405 e. The number of carbonyl (C=O) groups excluding carboxylic acids is 1. The van der Waals surface area contributed by atoms with Crippen molar-refractivity contribution in [3.63, 3.8) is 0 Å². The fraction of sp³-hybridized carbons (Fsp3) is 0.364. The predicted molar refractivity (Wildman–Crippen MR) is 56.8 cm³/mol. The van der Waals surface area contributed by atoms with Gasteiger partial charge < -0.3 is 14.8 Å². The number of alkyl halides is 3. The summed E-state index contributed by atoms with van der Waals surface area (Å²) >= 11 is 0. The predicted octanol–water partition coefficient (Wildman–Crippen LogP) is 1.85. The highest BCUT2D eigenvalue weighted by Gasteiger charge is 2.31. The molecule has 1 N–H and O–H groups in total. The third-order valence-electron chi connectivity index (χ3n) is 1.95. The van der Waals surface area contributed by atoms with Crippen LogP contribution in [0.15, 0.2) is 24.3 Å². The van der Waals surface area contributed by atoms with Crippen molar-refractivity contribution in [1.29, 1.82) is 0 Å². The van der Waals surface area contributed by atoms with Gasteiger partial charge in [-0.2, -0.15) is 0 Å². The van der Waals surface area contributed by atoms with Gasteiger partial charge in [-0.1, -0.05) is 18.2 Å². The fourth-order valence-electron chi connectivity index (χ4n) is 1.25. The van der Waals surface area contributed by atoms with Gasteiger partial charge in [0.1, 0.15) is 12.4 Å². The topological polar surface area (TPSA) is 47.6 Å². The number of hydrogen-bond donors (Lipinski definition) is 1. The molecule has 0 bridgehead atoms. The lowest BCUT2D eigenvalue weighted by Gasteiger charge is -2.13. The Bertz CT molecular complexity index is 407. The highest BCUT2D eigenvalue weighted by molar-refractivity contribution is 5.77. The number of hydrogen-bond acceptors (Lipinski definition) is 3. The lowest BCUT2D eigenvalue weighted by atomic mass is 10.2. The van der Waals surface area contributed by atoms with Gasteiger partial charge in [-0.3, -0.25) is 4.79 Å². The van der Waals surface area contributed by atoms with E-state index in [2.05, 4.69) is 14.8 Å². The van der Waals surface area contributed by atoms with Gasteiger partial charge in [0.15, 0.2) is 0 Å². The van der Waals surface area contributed by atoms with Gasteiger partial charge in [0.2, 0.25) is 5.91 Å². The molecule has 0 aliphatic heterocycles. The average Bonchev–Trinajstić information content (AvgIpc) is 2.26. The molecular weight excluding hydrogens is 251 g/mol. The second-order valence-electron chi connectivity index (χ2n) is 3.37. The number of para-hydroxylation sites is 1. The van der Waals surface area contributed by atoms with Gasteiger partial charge in [0.05, 0.1) is 0 Å². The zero-order valence-electron chi connectivity index (χ0n) is 9.58. The first-order chi connectivity index (χ1) is 8.42. The Morgan fingerprint density at radius 2 is 2.00 bits per heavy atom. The van der Waals surface area contributed by atoms with Gasteiger partial charge in [0.25, 0.3) is 0 Å². The SMILES string of the molecule is COCC(=O)NCc1ccccc1OC(F)(F)F. The standard InChI is InChI=1S/C11H12F3NO3/c1-17-7-10(16)15-6-8-4-2-3-5-9(8)18-11(12,13)14/h2-5H,6-7H2,1H3,(H,15,16). The first kappa shape index (κ1) is 14.3. The number of ether oxygens (including phenoxy) is 2. The molecule has 1 aromatic carbocycles. The first-order valence-corrected chi connectivity index (χ1v) is 5.01. The van der Waals surface area contributed by atoms with Crippen LogP contribution in [-0.2, 0) is 16.1 Å². The Morgan fingerprint density at radius 1 is 1.33 bits per heavy atom. The first-order valence-electron chi connectivity index (χ1n) is 5.01. The summed E-state index contributed by atoms with van der Waals surface area (Å²) in [5.41, 5.74) is 0.235. The van der Waals surface area contributed by atoms with Crippen LogP contribution in [0.4, 0.5) is 13.2 Å². The largest absolute Gasteiger partial charge is 0.573 e. The van der Waals surface area contributed by atoms with Gasteiger partial charge in [0, 0.05) is 19.2 Å². The zero-order chi connectivity index (χ0) is 13.6. The number of methoxy groups -OCH3 is 1. The van der Waals surface area contributed by atoms with Crippen LogP contribution >= 0.6 is 0 Å². The smallest absolute Gasteiger partial charge is 0.405 e. The lowest BCUT2D eigenvalue weighted by molar-refractivity contribution is -0.274. The Balaban J connectivity index is 2.67. The van der Waals surface area contributed by atoms with Crippen LogP contribution in [0.3, 0.4) is 0 Å². The lowest BCUT2D eigenvalue weighted by Crippen LogP contribution is -2.27. The van der Waals surface area contributed by atoms with Crippen LogP contribution in [0.25, 0.3) is 0 Å². The highest BCUT2D eigenvalue weighted by Crippen LogP contribution is 2.25. The number of carbonyl (C=O) groups is 1. The highest BCUT2D eigenvalue weighted by atomic mass is 19.4. The van der Waals surface area contributed by atoms with E-state index in [0.29, 0.717) is 0 Å². The second kappa shape index (κ2) is 6.25. The normalized spacial score (nSPS) is 11.1. The van der Waals surface area contributed by atoms with Gasteiger partial charge in [-0.05, 0) is 6.07 Å². The maximum absolute atomic E-state index is 12.1. The zero-order valence-corrected chi connectivity index (χ0v) is 9.58. The molecule has 0 atom stereocenters.